The average Bonchev–Trinajstić information content (AvgIpc) is 2.67. The van der Waals surface area contributed by atoms with Crippen molar-refractivity contribution in [2.75, 3.05) is 27.7 Å². The quantitative estimate of drug-likeness (QED) is 0.658. The van der Waals surface area contributed by atoms with E-state index in [0.29, 0.717) is 12.5 Å². The lowest BCUT2D eigenvalue weighted by Crippen LogP contribution is -2.64. The Labute approximate surface area is 106 Å². The highest BCUT2D eigenvalue weighted by Gasteiger charge is 2.48. The molecule has 2 aliphatic rings. The topological polar surface area (TPSA) is 68.2 Å². The minimum atomic E-state index is -0.483. The van der Waals surface area contributed by atoms with E-state index in [4.69, 9.17) is 0 Å². The van der Waals surface area contributed by atoms with E-state index in [1.165, 1.54) is 4.90 Å². The molecule has 1 fully saturated rings. The van der Waals surface area contributed by atoms with Gasteiger partial charge in [0.25, 0.3) is 5.91 Å². The van der Waals surface area contributed by atoms with Crippen LogP contribution in [0.1, 0.15) is 0 Å². The highest BCUT2D eigenvalue weighted by Crippen LogP contribution is 2.24. The van der Waals surface area contributed by atoms with Crippen molar-refractivity contribution in [3.63, 3.8) is 0 Å². The Morgan fingerprint density at radius 1 is 1.50 bits per heavy atom. The minimum absolute atomic E-state index is 0.314. The molecule has 0 aromatic rings. The van der Waals surface area contributed by atoms with Crippen LogP contribution in [0.15, 0.2) is 17.6 Å². The average molecular weight is 251 g/mol. The number of urea groups is 1. The van der Waals surface area contributed by atoms with E-state index in [-0.39, 0.29) is 5.91 Å². The molecule has 0 saturated carbocycles. The van der Waals surface area contributed by atoms with Crippen molar-refractivity contribution in [1.82, 2.24) is 20.0 Å². The monoisotopic (exact) mass is 251 g/mol. The van der Waals surface area contributed by atoms with Crippen LogP contribution in [0.3, 0.4) is 0 Å². The van der Waals surface area contributed by atoms with Crippen LogP contribution in [0.25, 0.3) is 0 Å². The van der Waals surface area contributed by atoms with Crippen LogP contribution in [-0.2, 0) is 4.79 Å². The molecule has 2 aliphatic heterocycles. The fourth-order valence-electron chi connectivity index (χ4n) is 2.22. The van der Waals surface area contributed by atoms with Crippen LogP contribution >= 0.6 is 0 Å². The minimum Gasteiger partial charge on any atom is -0.349 e. The van der Waals surface area contributed by atoms with E-state index < -0.39 is 18.2 Å². The SMILES string of the molecule is C=CCN1C(N(C)C)=NC2C1C(=O)NC(=O)N2C. The molecule has 7 heteroatoms. The Hall–Kier alpha value is -2.05. The molecule has 2 atom stereocenters. The zero-order valence-corrected chi connectivity index (χ0v) is 10.8. The molecule has 0 bridgehead atoms. The number of carbonyl (C=O) groups is 2. The van der Waals surface area contributed by atoms with Crippen molar-refractivity contribution in [2.45, 2.75) is 12.2 Å². The van der Waals surface area contributed by atoms with Crippen molar-refractivity contribution < 1.29 is 9.59 Å². The largest absolute Gasteiger partial charge is 0.349 e. The molecule has 2 unspecified atom stereocenters. The molecule has 2 heterocycles. The number of aliphatic imine (C=N–C) groups is 1. The van der Waals surface area contributed by atoms with Gasteiger partial charge in [0.05, 0.1) is 0 Å². The van der Waals surface area contributed by atoms with Gasteiger partial charge in [0, 0.05) is 27.7 Å². The summed E-state index contributed by atoms with van der Waals surface area (Å²) in [5.41, 5.74) is 0. The number of nitrogens with zero attached hydrogens (tertiary/aromatic N) is 4. The maximum absolute atomic E-state index is 12.0. The van der Waals surface area contributed by atoms with Gasteiger partial charge in [0.15, 0.2) is 18.2 Å². The molecule has 0 aromatic carbocycles. The Morgan fingerprint density at radius 2 is 2.17 bits per heavy atom. The Kier molecular flexibility index (Phi) is 2.98. The number of carbonyl (C=O) groups excluding carboxylic acids is 2. The van der Waals surface area contributed by atoms with E-state index in [1.54, 1.807) is 13.1 Å². The molecule has 98 valence electrons. The molecule has 7 nitrogen and oxygen atoms in total. The molecule has 1 saturated heterocycles. The van der Waals surface area contributed by atoms with Crippen LogP contribution in [0, 0.1) is 0 Å². The van der Waals surface area contributed by atoms with Gasteiger partial charge < -0.3 is 14.7 Å². The fraction of sp³-hybridized carbons (Fsp3) is 0.545. The van der Waals surface area contributed by atoms with Gasteiger partial charge >= 0.3 is 6.03 Å². The molecular formula is C11H17N5O2. The lowest BCUT2D eigenvalue weighted by molar-refractivity contribution is -0.127. The zero-order valence-electron chi connectivity index (χ0n) is 10.8. The predicted octanol–water partition coefficient (Wildman–Crippen LogP) is -0.718. The molecule has 2 rings (SSSR count). The van der Waals surface area contributed by atoms with E-state index in [9.17, 15) is 9.59 Å². The highest BCUT2D eigenvalue weighted by molar-refractivity contribution is 6.03. The van der Waals surface area contributed by atoms with E-state index in [1.807, 2.05) is 23.9 Å². The number of hydrogen-bond acceptors (Lipinski definition) is 5. The van der Waals surface area contributed by atoms with Crippen molar-refractivity contribution >= 4 is 17.9 Å². The molecule has 1 N–H and O–H groups in total. The van der Waals surface area contributed by atoms with Crippen LogP contribution in [-0.4, -0.2) is 72.5 Å². The van der Waals surface area contributed by atoms with Crippen LogP contribution in [0.4, 0.5) is 4.79 Å². The van der Waals surface area contributed by atoms with Crippen molar-refractivity contribution in [3.8, 4) is 0 Å². The number of amides is 3. The molecule has 0 radical (unpaired) electrons. The summed E-state index contributed by atoms with van der Waals surface area (Å²) in [4.78, 5) is 33.1. The second kappa shape index (κ2) is 4.32. The normalized spacial score (nSPS) is 26.7. The molecule has 0 aromatic heterocycles. The van der Waals surface area contributed by atoms with Gasteiger partial charge in [-0.15, -0.1) is 6.58 Å². The molecule has 0 spiro atoms. The van der Waals surface area contributed by atoms with Gasteiger partial charge in [-0.25, -0.2) is 9.79 Å². The van der Waals surface area contributed by atoms with E-state index in [0.717, 1.165) is 0 Å². The Morgan fingerprint density at radius 3 is 2.72 bits per heavy atom. The number of nitrogens with one attached hydrogen (secondary N) is 1. The van der Waals surface area contributed by atoms with Gasteiger partial charge in [-0.1, -0.05) is 6.08 Å². The van der Waals surface area contributed by atoms with Crippen molar-refractivity contribution in [1.29, 1.82) is 0 Å². The second-order valence-corrected chi connectivity index (χ2v) is 4.53. The van der Waals surface area contributed by atoms with Gasteiger partial charge in [-0.3, -0.25) is 10.1 Å². The van der Waals surface area contributed by atoms with E-state index in [2.05, 4.69) is 16.9 Å². The summed E-state index contributed by atoms with van der Waals surface area (Å²) in [5, 5.41) is 2.33. The smallest absolute Gasteiger partial charge is 0.325 e. The predicted molar refractivity (Wildman–Crippen MR) is 66.9 cm³/mol. The molecule has 18 heavy (non-hydrogen) atoms. The molecule has 0 aliphatic carbocycles. The first kappa shape index (κ1) is 12.4. The molecular weight excluding hydrogens is 234 g/mol. The summed E-state index contributed by atoms with van der Waals surface area (Å²) in [6.45, 7) is 4.19. The number of rotatable bonds is 2. The number of fused-ring (bicyclic) bond motifs is 1. The highest BCUT2D eigenvalue weighted by atomic mass is 16.2. The van der Waals surface area contributed by atoms with Gasteiger partial charge in [-0.2, -0.15) is 0 Å². The summed E-state index contributed by atoms with van der Waals surface area (Å²) in [6, 6.07) is -0.897. The summed E-state index contributed by atoms with van der Waals surface area (Å²) < 4.78 is 0. The lowest BCUT2D eigenvalue weighted by Gasteiger charge is -2.36. The van der Waals surface area contributed by atoms with Crippen molar-refractivity contribution in [3.05, 3.63) is 12.7 Å². The van der Waals surface area contributed by atoms with Crippen molar-refractivity contribution in [2.24, 2.45) is 4.99 Å². The summed E-state index contributed by atoms with van der Waals surface area (Å²) in [6.07, 6.45) is 1.24. The molecule has 3 amide bonds. The second-order valence-electron chi connectivity index (χ2n) is 4.53. The number of likely N-dealkylation sites (N-methyl/N-ethyl adjacent to an activating group) is 1. The maximum atomic E-state index is 12.0. The maximum Gasteiger partial charge on any atom is 0.325 e. The Bertz CT molecular complexity index is 431. The van der Waals surface area contributed by atoms with Gasteiger partial charge in [0.1, 0.15) is 0 Å². The van der Waals surface area contributed by atoms with Crippen LogP contribution in [0.2, 0.25) is 0 Å². The standard InChI is InChI=1S/C11H17N5O2/c1-5-6-16-7-8(12-10(16)14(2)3)15(4)11(18)13-9(7)17/h5,7-8H,1,6H2,2-4H3,(H,13,17,18). The number of guanidine groups is 1. The summed E-state index contributed by atoms with van der Waals surface area (Å²) in [7, 11) is 5.34. The van der Waals surface area contributed by atoms with Gasteiger partial charge in [0.2, 0.25) is 0 Å². The third-order valence-corrected chi connectivity index (χ3v) is 3.06. The Balaban J connectivity index is 2.37. The summed E-state index contributed by atoms with van der Waals surface area (Å²) in [5.74, 6) is 0.368. The van der Waals surface area contributed by atoms with Gasteiger partial charge in [-0.05, 0) is 0 Å². The fourth-order valence-corrected chi connectivity index (χ4v) is 2.22. The number of hydrogen-bond donors (Lipinski definition) is 1. The van der Waals surface area contributed by atoms with E-state index >= 15 is 0 Å². The first-order valence-electron chi connectivity index (χ1n) is 5.67. The zero-order chi connectivity index (χ0) is 13.4. The third-order valence-electron chi connectivity index (χ3n) is 3.06. The third kappa shape index (κ3) is 1.71. The summed E-state index contributed by atoms with van der Waals surface area (Å²) >= 11 is 0. The first-order chi connectivity index (χ1) is 8.47. The number of imide groups is 1. The van der Waals surface area contributed by atoms with Crippen LogP contribution < -0.4 is 5.32 Å². The first-order valence-corrected chi connectivity index (χ1v) is 5.67. The van der Waals surface area contributed by atoms with Crippen LogP contribution in [0.5, 0.6) is 0 Å². The lowest BCUT2D eigenvalue weighted by atomic mass is 10.1.